The number of amides is 1. The third-order valence-electron chi connectivity index (χ3n) is 2.95. The number of methoxy groups -OCH3 is 2. The van der Waals surface area contributed by atoms with Crippen molar-refractivity contribution >= 4 is 18.3 Å². The van der Waals surface area contributed by atoms with Gasteiger partial charge in [0, 0.05) is 18.1 Å². The summed E-state index contributed by atoms with van der Waals surface area (Å²) in [5.74, 6) is 0.133. The Morgan fingerprint density at radius 2 is 1.90 bits per heavy atom. The molecule has 0 aliphatic heterocycles. The molecular formula is C14H22ClFN2O3. The lowest BCUT2D eigenvalue weighted by molar-refractivity contribution is -0.121. The Hall–Kier alpha value is -1.53. The first-order valence-corrected chi connectivity index (χ1v) is 6.44. The van der Waals surface area contributed by atoms with Crippen molar-refractivity contribution in [1.82, 2.24) is 5.32 Å². The van der Waals surface area contributed by atoms with Crippen LogP contribution in [-0.4, -0.2) is 26.7 Å². The molecule has 0 aliphatic rings. The van der Waals surface area contributed by atoms with Gasteiger partial charge in [0.15, 0.2) is 11.5 Å². The van der Waals surface area contributed by atoms with Gasteiger partial charge in [-0.15, -0.1) is 12.4 Å². The Kier molecular flexibility index (Phi) is 8.73. The van der Waals surface area contributed by atoms with E-state index in [1.807, 2.05) is 0 Å². The lowest BCUT2D eigenvalue weighted by Gasteiger charge is -2.17. The average Bonchev–Trinajstić information content (AvgIpc) is 2.44. The second-order valence-electron chi connectivity index (χ2n) is 4.41. The van der Waals surface area contributed by atoms with Crippen molar-refractivity contribution in [3.8, 4) is 11.5 Å². The zero-order valence-electron chi connectivity index (χ0n) is 12.4. The molecule has 120 valence electrons. The minimum atomic E-state index is -0.458. The minimum absolute atomic E-state index is 0. The molecule has 1 atom stereocenters. The quantitative estimate of drug-likeness (QED) is 0.807. The molecule has 0 fully saturated rings. The van der Waals surface area contributed by atoms with Gasteiger partial charge in [0.2, 0.25) is 5.91 Å². The summed E-state index contributed by atoms with van der Waals surface area (Å²) in [6, 6.07) is 2.32. The van der Waals surface area contributed by atoms with Crippen molar-refractivity contribution in [2.75, 3.05) is 20.8 Å². The van der Waals surface area contributed by atoms with Crippen LogP contribution in [0.2, 0.25) is 0 Å². The minimum Gasteiger partial charge on any atom is -0.493 e. The van der Waals surface area contributed by atoms with Crippen molar-refractivity contribution in [1.29, 1.82) is 0 Å². The molecule has 0 aromatic heterocycles. The van der Waals surface area contributed by atoms with Crippen LogP contribution in [0.5, 0.6) is 11.5 Å². The third-order valence-corrected chi connectivity index (χ3v) is 2.95. The SMILES string of the molecule is COc1cc(F)c(C(C)NC(=O)CCCN)cc1OC.Cl. The molecule has 1 rings (SSSR count). The number of benzene rings is 1. The summed E-state index contributed by atoms with van der Waals surface area (Å²) >= 11 is 0. The zero-order chi connectivity index (χ0) is 15.1. The van der Waals surface area contributed by atoms with E-state index in [-0.39, 0.29) is 18.3 Å². The topological polar surface area (TPSA) is 73.6 Å². The summed E-state index contributed by atoms with van der Waals surface area (Å²) in [5.41, 5.74) is 5.69. The first-order chi connectivity index (χ1) is 9.53. The molecule has 0 aliphatic carbocycles. The maximum atomic E-state index is 14.0. The molecule has 0 spiro atoms. The summed E-state index contributed by atoms with van der Waals surface area (Å²) in [7, 11) is 2.92. The third kappa shape index (κ3) is 5.40. The molecule has 1 aromatic rings. The van der Waals surface area contributed by atoms with E-state index in [9.17, 15) is 9.18 Å². The standard InChI is InChI=1S/C14H21FN2O3.ClH/c1-9(17-14(18)5-4-6-16)10-7-12(19-2)13(20-3)8-11(10)15;/h7-9H,4-6,16H2,1-3H3,(H,17,18);1H. The van der Waals surface area contributed by atoms with E-state index in [0.717, 1.165) is 0 Å². The van der Waals surface area contributed by atoms with Gasteiger partial charge in [0.1, 0.15) is 5.82 Å². The van der Waals surface area contributed by atoms with Crippen LogP contribution in [0.3, 0.4) is 0 Å². The molecule has 0 radical (unpaired) electrons. The van der Waals surface area contributed by atoms with E-state index in [4.69, 9.17) is 15.2 Å². The molecule has 1 aromatic carbocycles. The number of ether oxygens (including phenoxy) is 2. The van der Waals surface area contributed by atoms with Gasteiger partial charge in [0.25, 0.3) is 0 Å². The van der Waals surface area contributed by atoms with Gasteiger partial charge in [0.05, 0.1) is 20.3 Å². The van der Waals surface area contributed by atoms with Gasteiger partial charge in [-0.05, 0) is 26.0 Å². The fourth-order valence-corrected chi connectivity index (χ4v) is 1.86. The number of nitrogens with two attached hydrogens (primary N) is 1. The van der Waals surface area contributed by atoms with Gasteiger partial charge in [-0.2, -0.15) is 0 Å². The van der Waals surface area contributed by atoms with E-state index in [0.29, 0.717) is 36.4 Å². The second kappa shape index (κ2) is 9.41. The summed E-state index contributed by atoms with van der Waals surface area (Å²) in [5, 5.41) is 2.73. The van der Waals surface area contributed by atoms with Crippen LogP contribution in [0.15, 0.2) is 12.1 Å². The van der Waals surface area contributed by atoms with Crippen LogP contribution in [0, 0.1) is 5.82 Å². The Morgan fingerprint density at radius 3 is 2.43 bits per heavy atom. The van der Waals surface area contributed by atoms with Crippen LogP contribution >= 0.6 is 12.4 Å². The highest BCUT2D eigenvalue weighted by atomic mass is 35.5. The molecule has 0 bridgehead atoms. The molecule has 1 amide bonds. The lowest BCUT2D eigenvalue weighted by Crippen LogP contribution is -2.27. The van der Waals surface area contributed by atoms with E-state index in [1.54, 1.807) is 6.92 Å². The van der Waals surface area contributed by atoms with Crippen LogP contribution < -0.4 is 20.5 Å². The van der Waals surface area contributed by atoms with E-state index in [2.05, 4.69) is 5.32 Å². The first kappa shape index (κ1) is 19.5. The first-order valence-electron chi connectivity index (χ1n) is 6.44. The monoisotopic (exact) mass is 320 g/mol. The molecule has 0 saturated carbocycles. The normalized spacial score (nSPS) is 11.3. The number of carbonyl (C=O) groups excluding carboxylic acids is 1. The Morgan fingerprint density at radius 1 is 1.33 bits per heavy atom. The predicted molar refractivity (Wildman–Crippen MR) is 81.6 cm³/mol. The van der Waals surface area contributed by atoms with Gasteiger partial charge in [-0.25, -0.2) is 4.39 Å². The van der Waals surface area contributed by atoms with Crippen molar-refractivity contribution in [3.63, 3.8) is 0 Å². The maximum absolute atomic E-state index is 14.0. The highest BCUT2D eigenvalue weighted by Gasteiger charge is 2.17. The Balaban J connectivity index is 0.00000400. The van der Waals surface area contributed by atoms with Crippen molar-refractivity contribution < 1.29 is 18.7 Å². The largest absolute Gasteiger partial charge is 0.493 e. The molecular weight excluding hydrogens is 299 g/mol. The summed E-state index contributed by atoms with van der Waals surface area (Å²) < 4.78 is 24.2. The molecule has 21 heavy (non-hydrogen) atoms. The fraction of sp³-hybridized carbons (Fsp3) is 0.500. The van der Waals surface area contributed by atoms with Gasteiger partial charge in [-0.3, -0.25) is 4.79 Å². The maximum Gasteiger partial charge on any atom is 0.220 e. The molecule has 1 unspecified atom stereocenters. The van der Waals surface area contributed by atoms with Crippen LogP contribution in [0.25, 0.3) is 0 Å². The smallest absolute Gasteiger partial charge is 0.220 e. The van der Waals surface area contributed by atoms with Crippen LogP contribution in [0.1, 0.15) is 31.4 Å². The predicted octanol–water partition coefficient (Wildman–Crippen LogP) is 2.18. The molecule has 3 N–H and O–H groups in total. The van der Waals surface area contributed by atoms with Crippen molar-refractivity contribution in [3.05, 3.63) is 23.5 Å². The lowest BCUT2D eigenvalue weighted by atomic mass is 10.1. The highest BCUT2D eigenvalue weighted by Crippen LogP contribution is 2.32. The number of hydrogen-bond acceptors (Lipinski definition) is 4. The van der Waals surface area contributed by atoms with E-state index >= 15 is 0 Å². The number of rotatable bonds is 7. The highest BCUT2D eigenvalue weighted by molar-refractivity contribution is 5.85. The molecule has 0 saturated heterocycles. The zero-order valence-corrected chi connectivity index (χ0v) is 13.3. The number of nitrogens with one attached hydrogen (secondary N) is 1. The van der Waals surface area contributed by atoms with Gasteiger partial charge in [-0.1, -0.05) is 0 Å². The Bertz CT molecular complexity index is 472. The summed E-state index contributed by atoms with van der Waals surface area (Å²) in [6.07, 6.45) is 0.933. The second-order valence-corrected chi connectivity index (χ2v) is 4.41. The van der Waals surface area contributed by atoms with E-state index < -0.39 is 11.9 Å². The summed E-state index contributed by atoms with van der Waals surface area (Å²) in [4.78, 5) is 11.6. The van der Waals surface area contributed by atoms with Crippen molar-refractivity contribution in [2.45, 2.75) is 25.8 Å². The molecule has 0 heterocycles. The number of carbonyl (C=O) groups is 1. The van der Waals surface area contributed by atoms with Crippen LogP contribution in [0.4, 0.5) is 4.39 Å². The molecule has 5 nitrogen and oxygen atoms in total. The number of hydrogen-bond donors (Lipinski definition) is 2. The van der Waals surface area contributed by atoms with Gasteiger partial charge < -0.3 is 20.5 Å². The van der Waals surface area contributed by atoms with Crippen LogP contribution in [-0.2, 0) is 4.79 Å². The van der Waals surface area contributed by atoms with Crippen molar-refractivity contribution in [2.24, 2.45) is 5.73 Å². The Labute approximate surface area is 130 Å². The van der Waals surface area contributed by atoms with Gasteiger partial charge >= 0.3 is 0 Å². The average molecular weight is 321 g/mol. The van der Waals surface area contributed by atoms with E-state index in [1.165, 1.54) is 26.4 Å². The number of halogens is 2. The fourth-order valence-electron chi connectivity index (χ4n) is 1.86. The summed E-state index contributed by atoms with van der Waals surface area (Å²) in [6.45, 7) is 2.16. The molecule has 7 heteroatoms.